The Kier molecular flexibility index (Phi) is 2.53. The molecule has 1 aromatic rings. The summed E-state index contributed by atoms with van der Waals surface area (Å²) in [6, 6.07) is 7.52. The molecule has 0 aromatic heterocycles. The Balaban J connectivity index is 2.30. The van der Waals surface area contributed by atoms with Gasteiger partial charge in [0.1, 0.15) is 0 Å². The van der Waals surface area contributed by atoms with Crippen LogP contribution in [0.4, 0.5) is 4.79 Å². The van der Waals surface area contributed by atoms with Crippen molar-refractivity contribution in [3.63, 3.8) is 0 Å². The van der Waals surface area contributed by atoms with Crippen LogP contribution in [0.1, 0.15) is 6.92 Å². The lowest BCUT2D eigenvalue weighted by atomic mass is 10.3. The predicted molar refractivity (Wildman–Crippen MR) is 53.7 cm³/mol. The Hall–Kier alpha value is -2.04. The normalized spacial score (nSPS) is 13.0. The van der Waals surface area contributed by atoms with Crippen LogP contribution in [0, 0.1) is 0 Å². The summed E-state index contributed by atoms with van der Waals surface area (Å²) >= 11 is 0. The second-order valence-corrected chi connectivity index (χ2v) is 2.97. The second kappa shape index (κ2) is 4.00. The zero-order valence-corrected chi connectivity index (χ0v) is 8.30. The number of benzene rings is 1. The molecule has 0 fully saturated rings. The standard InChI is InChI=1S/C10H11N3O2/c1-2-15-10(14)13-7-8-5-3-4-6-9(8)11-12-13/h3-7,12H,2H2,1H3. The summed E-state index contributed by atoms with van der Waals surface area (Å²) in [6.45, 7) is 2.10. The molecule has 1 heterocycles. The second-order valence-electron chi connectivity index (χ2n) is 2.97. The first-order chi connectivity index (χ1) is 7.31. The van der Waals surface area contributed by atoms with E-state index in [0.29, 0.717) is 6.61 Å². The van der Waals surface area contributed by atoms with Gasteiger partial charge in [-0.1, -0.05) is 18.2 Å². The summed E-state index contributed by atoms with van der Waals surface area (Å²) in [5, 5.41) is 6.92. The summed E-state index contributed by atoms with van der Waals surface area (Å²) in [6.07, 6.45) is 1.19. The molecule has 1 aliphatic rings. The van der Waals surface area contributed by atoms with Crippen molar-refractivity contribution in [3.8, 4) is 0 Å². The van der Waals surface area contributed by atoms with Crippen LogP contribution in [0.15, 0.2) is 29.4 Å². The van der Waals surface area contributed by atoms with Gasteiger partial charge in [0.2, 0.25) is 0 Å². The summed E-state index contributed by atoms with van der Waals surface area (Å²) in [7, 11) is 0. The quantitative estimate of drug-likeness (QED) is 0.698. The minimum Gasteiger partial charge on any atom is -0.448 e. The van der Waals surface area contributed by atoms with Gasteiger partial charge in [-0.2, -0.15) is 10.1 Å². The van der Waals surface area contributed by atoms with E-state index in [-0.39, 0.29) is 0 Å². The van der Waals surface area contributed by atoms with Gasteiger partial charge >= 0.3 is 6.09 Å². The van der Waals surface area contributed by atoms with Gasteiger partial charge in [0, 0.05) is 11.4 Å². The van der Waals surface area contributed by atoms with E-state index in [1.165, 1.54) is 5.01 Å². The molecule has 0 unspecified atom stereocenters. The molecule has 0 atom stereocenters. The first-order valence-electron chi connectivity index (χ1n) is 4.67. The predicted octanol–water partition coefficient (Wildman–Crippen LogP) is -0.0641. The highest BCUT2D eigenvalue weighted by Crippen LogP contribution is 1.92. The number of hydrazine groups is 1. The summed E-state index contributed by atoms with van der Waals surface area (Å²) in [5.74, 6) is 0. The van der Waals surface area contributed by atoms with Crippen LogP contribution in [0.5, 0.6) is 0 Å². The van der Waals surface area contributed by atoms with Crippen molar-refractivity contribution in [2.45, 2.75) is 6.92 Å². The fourth-order valence-corrected chi connectivity index (χ4v) is 1.26. The molecule has 1 aromatic carbocycles. The van der Waals surface area contributed by atoms with Gasteiger partial charge in [0.05, 0.1) is 12.0 Å². The van der Waals surface area contributed by atoms with E-state index in [4.69, 9.17) is 4.74 Å². The molecule has 1 aliphatic heterocycles. The van der Waals surface area contributed by atoms with E-state index >= 15 is 0 Å². The number of hydrogen-bond acceptors (Lipinski definition) is 4. The molecule has 1 amide bonds. The van der Waals surface area contributed by atoms with E-state index in [2.05, 4.69) is 10.6 Å². The van der Waals surface area contributed by atoms with Crippen molar-refractivity contribution in [3.05, 3.63) is 34.8 Å². The van der Waals surface area contributed by atoms with Crippen LogP contribution >= 0.6 is 0 Å². The highest BCUT2D eigenvalue weighted by Gasteiger charge is 2.12. The average molecular weight is 205 g/mol. The summed E-state index contributed by atoms with van der Waals surface area (Å²) in [5.41, 5.74) is 2.59. The first kappa shape index (κ1) is 9.51. The monoisotopic (exact) mass is 205 g/mol. The van der Waals surface area contributed by atoms with Gasteiger partial charge in [-0.3, -0.25) is 0 Å². The van der Waals surface area contributed by atoms with E-state index in [1.54, 1.807) is 13.1 Å². The number of nitrogens with zero attached hydrogens (tertiary/aromatic N) is 2. The maximum Gasteiger partial charge on any atom is 0.434 e. The molecule has 15 heavy (non-hydrogen) atoms. The van der Waals surface area contributed by atoms with Crippen LogP contribution in [0.25, 0.3) is 6.20 Å². The lowest BCUT2D eigenvalue weighted by molar-refractivity contribution is 0.112. The molecule has 0 saturated carbocycles. The third-order valence-corrected chi connectivity index (χ3v) is 1.95. The third-order valence-electron chi connectivity index (χ3n) is 1.95. The highest BCUT2D eigenvalue weighted by molar-refractivity contribution is 5.71. The van der Waals surface area contributed by atoms with Crippen LogP contribution in [0.2, 0.25) is 0 Å². The third kappa shape index (κ3) is 1.90. The van der Waals surface area contributed by atoms with E-state index < -0.39 is 6.09 Å². The Morgan fingerprint density at radius 2 is 2.33 bits per heavy atom. The van der Waals surface area contributed by atoms with Gasteiger partial charge in [-0.05, 0) is 13.0 Å². The lowest BCUT2D eigenvalue weighted by Gasteiger charge is -2.18. The van der Waals surface area contributed by atoms with Gasteiger partial charge in [-0.25, -0.2) is 10.3 Å². The number of para-hydroxylation sites is 1. The van der Waals surface area contributed by atoms with Gasteiger partial charge in [0.25, 0.3) is 0 Å². The van der Waals surface area contributed by atoms with Crippen molar-refractivity contribution in [2.75, 3.05) is 6.61 Å². The number of nitrogens with one attached hydrogen (secondary N) is 1. The molecular formula is C10H11N3O2. The maximum atomic E-state index is 11.4. The molecule has 0 spiro atoms. The van der Waals surface area contributed by atoms with E-state index in [9.17, 15) is 4.79 Å². The van der Waals surface area contributed by atoms with E-state index in [0.717, 1.165) is 10.6 Å². The van der Waals surface area contributed by atoms with Crippen molar-refractivity contribution in [1.82, 2.24) is 10.5 Å². The van der Waals surface area contributed by atoms with Crippen molar-refractivity contribution < 1.29 is 9.53 Å². The fraction of sp³-hybridized carbons (Fsp3) is 0.200. The fourth-order valence-electron chi connectivity index (χ4n) is 1.26. The summed E-state index contributed by atoms with van der Waals surface area (Å²) < 4.78 is 4.83. The minimum absolute atomic E-state index is 0.340. The summed E-state index contributed by atoms with van der Waals surface area (Å²) in [4.78, 5) is 11.4. The Morgan fingerprint density at radius 1 is 1.53 bits per heavy atom. The largest absolute Gasteiger partial charge is 0.448 e. The van der Waals surface area contributed by atoms with Crippen molar-refractivity contribution in [1.29, 1.82) is 0 Å². The Labute approximate surface area is 86.6 Å². The van der Waals surface area contributed by atoms with Crippen molar-refractivity contribution >= 4 is 12.3 Å². The SMILES string of the molecule is CCOC(=O)N1C=c2ccccc2=NN1. The molecule has 78 valence electrons. The number of carbonyl (C=O) groups is 1. The lowest BCUT2D eigenvalue weighted by Crippen LogP contribution is -2.45. The molecule has 0 radical (unpaired) electrons. The molecule has 0 saturated heterocycles. The number of fused-ring (bicyclic) bond motifs is 1. The Bertz CT molecular complexity index is 484. The molecule has 2 rings (SSSR count). The van der Waals surface area contributed by atoms with Crippen LogP contribution in [0.3, 0.4) is 0 Å². The van der Waals surface area contributed by atoms with Crippen LogP contribution < -0.4 is 16.1 Å². The minimum atomic E-state index is -0.462. The number of carbonyl (C=O) groups excluding carboxylic acids is 1. The smallest absolute Gasteiger partial charge is 0.434 e. The topological polar surface area (TPSA) is 53.9 Å². The zero-order valence-electron chi connectivity index (χ0n) is 8.30. The zero-order chi connectivity index (χ0) is 10.7. The maximum absolute atomic E-state index is 11.4. The Morgan fingerprint density at radius 3 is 3.13 bits per heavy atom. The van der Waals surface area contributed by atoms with Gasteiger partial charge in [0.15, 0.2) is 0 Å². The van der Waals surface area contributed by atoms with Crippen molar-refractivity contribution in [2.24, 2.45) is 5.10 Å². The van der Waals surface area contributed by atoms with Crippen LogP contribution in [-0.4, -0.2) is 17.7 Å². The average Bonchev–Trinajstić information content (AvgIpc) is 2.29. The molecular weight excluding hydrogens is 194 g/mol. The highest BCUT2D eigenvalue weighted by atomic mass is 16.6. The number of hydrogen-bond donors (Lipinski definition) is 1. The molecule has 5 heteroatoms. The molecule has 1 N–H and O–H groups in total. The number of ether oxygens (including phenoxy) is 1. The number of rotatable bonds is 1. The molecule has 0 bridgehead atoms. The van der Waals surface area contributed by atoms with Gasteiger partial charge < -0.3 is 4.74 Å². The van der Waals surface area contributed by atoms with E-state index in [1.807, 2.05) is 24.3 Å². The van der Waals surface area contributed by atoms with Crippen LogP contribution in [-0.2, 0) is 4.74 Å². The number of amides is 1. The molecule has 0 aliphatic carbocycles. The van der Waals surface area contributed by atoms with Gasteiger partial charge in [-0.15, -0.1) is 0 Å². The molecule has 5 nitrogen and oxygen atoms in total. The first-order valence-corrected chi connectivity index (χ1v) is 4.67.